The minimum absolute atomic E-state index is 0.0528. The van der Waals surface area contributed by atoms with Crippen LogP contribution in [0.25, 0.3) is 0 Å². The minimum atomic E-state index is -3.67. The molecule has 0 radical (unpaired) electrons. The zero-order chi connectivity index (χ0) is 19.3. The molecule has 0 spiro atoms. The van der Waals surface area contributed by atoms with Gasteiger partial charge in [0.2, 0.25) is 10.0 Å². The van der Waals surface area contributed by atoms with E-state index in [2.05, 4.69) is 30.7 Å². The summed E-state index contributed by atoms with van der Waals surface area (Å²) in [5, 5.41) is 11.2. The summed E-state index contributed by atoms with van der Waals surface area (Å²) < 4.78 is 28.3. The topological polar surface area (TPSA) is 106 Å². The van der Waals surface area contributed by atoms with Gasteiger partial charge < -0.3 is 9.88 Å². The van der Waals surface area contributed by atoms with Crippen molar-refractivity contribution in [3.63, 3.8) is 0 Å². The molecule has 0 saturated heterocycles. The van der Waals surface area contributed by atoms with E-state index < -0.39 is 10.0 Å². The second-order valence-corrected chi connectivity index (χ2v) is 8.00. The number of nitrogens with one attached hydrogen (secondary N) is 2. The Bertz CT molecular complexity index is 958. The third-order valence-corrected chi connectivity index (χ3v) is 5.80. The molecule has 0 atom stereocenters. The standard InChI is InChI=1S/C18H21N5O3S/c1-2-11-20-27(25,26)15-9-7-14(8-10-15)18(24)19-13-17-22-21-16-6-4-3-5-12-23(16)17/h1,7-10,20H,3-6,11-13H2,(H,19,24). The van der Waals surface area contributed by atoms with Gasteiger partial charge >= 0.3 is 0 Å². The quantitative estimate of drug-likeness (QED) is 0.715. The molecule has 2 aromatic rings. The van der Waals surface area contributed by atoms with E-state index in [1.807, 2.05) is 0 Å². The molecule has 0 saturated carbocycles. The fourth-order valence-corrected chi connectivity index (χ4v) is 3.88. The Labute approximate surface area is 158 Å². The van der Waals surface area contributed by atoms with E-state index in [0.29, 0.717) is 5.56 Å². The summed E-state index contributed by atoms with van der Waals surface area (Å²) in [6, 6.07) is 5.67. The van der Waals surface area contributed by atoms with E-state index >= 15 is 0 Å². The zero-order valence-corrected chi connectivity index (χ0v) is 15.6. The average Bonchev–Trinajstić information content (AvgIpc) is 2.90. The number of terminal acetylenes is 1. The smallest absolute Gasteiger partial charge is 0.251 e. The lowest BCUT2D eigenvalue weighted by atomic mass is 10.2. The molecule has 1 aliphatic heterocycles. The van der Waals surface area contributed by atoms with Crippen molar-refractivity contribution < 1.29 is 13.2 Å². The van der Waals surface area contributed by atoms with Gasteiger partial charge in [-0.3, -0.25) is 4.79 Å². The van der Waals surface area contributed by atoms with E-state index in [-0.39, 0.29) is 23.9 Å². The Morgan fingerprint density at radius 3 is 2.70 bits per heavy atom. The highest BCUT2D eigenvalue weighted by molar-refractivity contribution is 7.89. The number of nitrogens with zero attached hydrogens (tertiary/aromatic N) is 3. The predicted molar refractivity (Wildman–Crippen MR) is 99.2 cm³/mol. The number of hydrogen-bond donors (Lipinski definition) is 2. The summed E-state index contributed by atoms with van der Waals surface area (Å²) >= 11 is 0. The molecule has 0 bridgehead atoms. The van der Waals surface area contributed by atoms with Crippen LogP contribution in [0, 0.1) is 12.3 Å². The number of aromatic nitrogens is 3. The number of fused-ring (bicyclic) bond motifs is 1. The van der Waals surface area contributed by atoms with Crippen molar-refractivity contribution in [2.24, 2.45) is 0 Å². The van der Waals surface area contributed by atoms with Gasteiger partial charge in [0.15, 0.2) is 5.82 Å². The number of aryl methyl sites for hydroxylation is 1. The number of sulfonamides is 1. The SMILES string of the molecule is C#CCNS(=O)(=O)c1ccc(C(=O)NCc2nnc3n2CCCCC3)cc1. The van der Waals surface area contributed by atoms with E-state index in [1.165, 1.54) is 30.7 Å². The van der Waals surface area contributed by atoms with E-state index in [1.54, 1.807) is 0 Å². The molecule has 27 heavy (non-hydrogen) atoms. The van der Waals surface area contributed by atoms with Crippen LogP contribution in [0.2, 0.25) is 0 Å². The highest BCUT2D eigenvalue weighted by atomic mass is 32.2. The molecule has 2 heterocycles. The van der Waals surface area contributed by atoms with Gasteiger partial charge in [-0.25, -0.2) is 8.42 Å². The Morgan fingerprint density at radius 2 is 1.96 bits per heavy atom. The van der Waals surface area contributed by atoms with Crippen molar-refractivity contribution in [2.45, 2.75) is 43.7 Å². The molecule has 3 rings (SSSR count). The minimum Gasteiger partial charge on any atom is -0.345 e. The van der Waals surface area contributed by atoms with Crippen molar-refractivity contribution >= 4 is 15.9 Å². The van der Waals surface area contributed by atoms with Crippen molar-refractivity contribution in [1.29, 1.82) is 0 Å². The molecule has 1 aromatic heterocycles. The lowest BCUT2D eigenvalue weighted by Crippen LogP contribution is -2.26. The van der Waals surface area contributed by atoms with E-state index in [0.717, 1.165) is 37.5 Å². The Morgan fingerprint density at radius 1 is 1.19 bits per heavy atom. The molecule has 2 N–H and O–H groups in total. The molecule has 142 valence electrons. The first-order valence-electron chi connectivity index (χ1n) is 8.73. The normalized spacial score (nSPS) is 14.0. The molecule has 8 nitrogen and oxygen atoms in total. The molecule has 0 fully saturated rings. The van der Waals surface area contributed by atoms with Crippen LogP contribution in [0.5, 0.6) is 0 Å². The molecule has 0 unspecified atom stereocenters. The molecule has 1 aromatic carbocycles. The number of carbonyl (C=O) groups excluding carboxylic acids is 1. The van der Waals surface area contributed by atoms with Crippen LogP contribution in [0.3, 0.4) is 0 Å². The summed E-state index contributed by atoms with van der Waals surface area (Å²) in [6.07, 6.45) is 9.32. The van der Waals surface area contributed by atoms with Gasteiger partial charge in [-0.05, 0) is 37.1 Å². The summed E-state index contributed by atoms with van der Waals surface area (Å²) in [6.45, 7) is 1.05. The lowest BCUT2D eigenvalue weighted by molar-refractivity contribution is 0.0949. The van der Waals surface area contributed by atoms with E-state index in [4.69, 9.17) is 6.42 Å². The van der Waals surface area contributed by atoms with Gasteiger partial charge in [0.05, 0.1) is 18.0 Å². The van der Waals surface area contributed by atoms with Crippen LogP contribution in [-0.2, 0) is 29.5 Å². The van der Waals surface area contributed by atoms with Crippen molar-refractivity contribution in [3.05, 3.63) is 41.5 Å². The van der Waals surface area contributed by atoms with Crippen LogP contribution >= 0.6 is 0 Å². The van der Waals surface area contributed by atoms with Crippen LogP contribution in [0.1, 0.15) is 41.3 Å². The number of hydrogen-bond acceptors (Lipinski definition) is 5. The highest BCUT2D eigenvalue weighted by Gasteiger charge is 2.17. The van der Waals surface area contributed by atoms with Gasteiger partial charge in [-0.15, -0.1) is 16.6 Å². The summed E-state index contributed by atoms with van der Waals surface area (Å²) in [4.78, 5) is 12.4. The summed E-state index contributed by atoms with van der Waals surface area (Å²) in [5.41, 5.74) is 0.363. The van der Waals surface area contributed by atoms with Gasteiger partial charge in [0.1, 0.15) is 5.82 Å². The monoisotopic (exact) mass is 387 g/mol. The summed E-state index contributed by atoms with van der Waals surface area (Å²) in [5.74, 6) is 3.61. The van der Waals surface area contributed by atoms with Crippen LogP contribution in [0.4, 0.5) is 0 Å². The second kappa shape index (κ2) is 8.33. The fourth-order valence-electron chi connectivity index (χ4n) is 2.94. The maximum absolute atomic E-state index is 12.3. The first-order valence-corrected chi connectivity index (χ1v) is 10.2. The third kappa shape index (κ3) is 4.53. The number of rotatable bonds is 6. The van der Waals surface area contributed by atoms with Crippen LogP contribution in [0.15, 0.2) is 29.2 Å². The lowest BCUT2D eigenvalue weighted by Gasteiger charge is -2.09. The highest BCUT2D eigenvalue weighted by Crippen LogP contribution is 2.15. The van der Waals surface area contributed by atoms with Gasteiger partial charge in [0, 0.05) is 18.5 Å². The van der Waals surface area contributed by atoms with Gasteiger partial charge in [-0.2, -0.15) is 4.72 Å². The first kappa shape index (κ1) is 19.1. The van der Waals surface area contributed by atoms with Gasteiger partial charge in [-0.1, -0.05) is 12.3 Å². The maximum Gasteiger partial charge on any atom is 0.251 e. The molecular formula is C18H21N5O3S. The third-order valence-electron chi connectivity index (χ3n) is 4.38. The number of benzene rings is 1. The van der Waals surface area contributed by atoms with E-state index in [9.17, 15) is 13.2 Å². The molecule has 0 aliphatic carbocycles. The average molecular weight is 387 g/mol. The van der Waals surface area contributed by atoms with Crippen molar-refractivity contribution in [3.8, 4) is 12.3 Å². The Balaban J connectivity index is 1.64. The van der Waals surface area contributed by atoms with Crippen LogP contribution < -0.4 is 10.0 Å². The molecule has 9 heteroatoms. The number of carbonyl (C=O) groups is 1. The Hall–Kier alpha value is -2.70. The second-order valence-electron chi connectivity index (χ2n) is 6.23. The zero-order valence-electron chi connectivity index (χ0n) is 14.8. The Kier molecular flexibility index (Phi) is 5.88. The molecule has 1 amide bonds. The fraction of sp³-hybridized carbons (Fsp3) is 0.389. The largest absolute Gasteiger partial charge is 0.345 e. The summed E-state index contributed by atoms with van der Waals surface area (Å²) in [7, 11) is -3.67. The van der Waals surface area contributed by atoms with Gasteiger partial charge in [0.25, 0.3) is 5.91 Å². The number of amides is 1. The first-order chi connectivity index (χ1) is 13.0. The molecule has 1 aliphatic rings. The van der Waals surface area contributed by atoms with Crippen LogP contribution in [-0.4, -0.2) is 35.6 Å². The predicted octanol–water partition coefficient (Wildman–Crippen LogP) is 0.846. The van der Waals surface area contributed by atoms with Crippen molar-refractivity contribution in [1.82, 2.24) is 24.8 Å². The maximum atomic E-state index is 12.3. The molecular weight excluding hydrogens is 366 g/mol. The van der Waals surface area contributed by atoms with Crippen molar-refractivity contribution in [2.75, 3.05) is 6.54 Å².